The molecule has 0 unspecified atom stereocenters. The van der Waals surface area contributed by atoms with Crippen LogP contribution in [-0.2, 0) is 11.2 Å². The van der Waals surface area contributed by atoms with Gasteiger partial charge < -0.3 is 10.2 Å². The fourth-order valence-corrected chi connectivity index (χ4v) is 2.43. The van der Waals surface area contributed by atoms with Gasteiger partial charge in [-0.1, -0.05) is 0 Å². The van der Waals surface area contributed by atoms with Crippen molar-refractivity contribution in [2.75, 3.05) is 16.8 Å². The summed E-state index contributed by atoms with van der Waals surface area (Å²) in [5.74, 6) is -1.77. The highest BCUT2D eigenvalue weighted by atomic mass is 19.4. The molecule has 25 heavy (non-hydrogen) atoms. The number of hydrogen-bond donors (Lipinski definition) is 2. The van der Waals surface area contributed by atoms with Crippen LogP contribution in [0.2, 0.25) is 0 Å². The molecule has 1 aromatic carbocycles. The van der Waals surface area contributed by atoms with Gasteiger partial charge in [-0.25, -0.2) is 0 Å². The molecule has 0 aliphatic carbocycles. The molecule has 1 aliphatic heterocycles. The Hall–Kier alpha value is -3.42. The lowest BCUT2D eigenvalue weighted by molar-refractivity contribution is -0.170. The third-order valence-electron chi connectivity index (χ3n) is 3.55. The predicted octanol–water partition coefficient (Wildman–Crippen LogP) is 1.63. The van der Waals surface area contributed by atoms with E-state index in [1.54, 1.807) is 6.07 Å². The van der Waals surface area contributed by atoms with Crippen LogP contribution < -0.4 is 10.2 Å². The Morgan fingerprint density at radius 3 is 2.88 bits per heavy atom. The van der Waals surface area contributed by atoms with Gasteiger partial charge in [-0.05, 0) is 35.4 Å². The number of H-pyrrole nitrogens is 1. The maximum Gasteiger partial charge on any atom is 0.471 e. The van der Waals surface area contributed by atoms with Gasteiger partial charge in [0.2, 0.25) is 5.82 Å². The second-order valence-electron chi connectivity index (χ2n) is 5.10. The molecule has 0 radical (unpaired) electrons. The highest BCUT2D eigenvalue weighted by Gasteiger charge is 2.44. The second-order valence-corrected chi connectivity index (χ2v) is 5.10. The number of amides is 1. The first-order valence-corrected chi connectivity index (χ1v) is 7.02. The van der Waals surface area contributed by atoms with Crippen LogP contribution in [0.15, 0.2) is 24.4 Å². The summed E-state index contributed by atoms with van der Waals surface area (Å²) in [5.41, 5.74) is 1.52. The number of aromatic nitrogens is 4. The van der Waals surface area contributed by atoms with Crippen LogP contribution in [0, 0.1) is 11.3 Å². The van der Waals surface area contributed by atoms with Crippen molar-refractivity contribution in [3.8, 4) is 6.07 Å². The summed E-state index contributed by atoms with van der Waals surface area (Å²) in [6.07, 6.45) is -3.24. The van der Waals surface area contributed by atoms with Gasteiger partial charge in [-0.15, -0.1) is 10.2 Å². The lowest BCUT2D eigenvalue weighted by atomic mass is 10.1. The molecule has 128 valence electrons. The predicted molar refractivity (Wildman–Crippen MR) is 79.9 cm³/mol. The molecule has 8 nitrogen and oxygen atoms in total. The minimum absolute atomic E-state index is 0.0285. The number of tetrazole rings is 1. The third-order valence-corrected chi connectivity index (χ3v) is 3.55. The SMILES string of the molecule is N#CC(=CNc1ccc2c(c1)CCN2C(=O)C(F)(F)F)c1nn[nH]n1. The van der Waals surface area contributed by atoms with Crippen molar-refractivity contribution < 1.29 is 18.0 Å². The number of carbonyl (C=O) groups excluding carboxylic acids is 1. The zero-order valence-corrected chi connectivity index (χ0v) is 12.5. The number of nitrogens with zero attached hydrogens (tertiary/aromatic N) is 5. The molecule has 1 aliphatic rings. The Kier molecular flexibility index (Phi) is 4.10. The molecule has 2 aromatic rings. The van der Waals surface area contributed by atoms with Gasteiger partial charge in [0.25, 0.3) is 0 Å². The summed E-state index contributed by atoms with van der Waals surface area (Å²) in [5, 5.41) is 24.9. The Balaban J connectivity index is 1.79. The van der Waals surface area contributed by atoms with E-state index in [0.29, 0.717) is 17.7 Å². The van der Waals surface area contributed by atoms with E-state index >= 15 is 0 Å². The van der Waals surface area contributed by atoms with E-state index in [0.717, 1.165) is 4.90 Å². The molecular weight excluding hydrogens is 339 g/mol. The number of benzene rings is 1. The van der Waals surface area contributed by atoms with Gasteiger partial charge in [0.05, 0.1) is 0 Å². The summed E-state index contributed by atoms with van der Waals surface area (Å²) in [7, 11) is 0. The third kappa shape index (κ3) is 3.27. The standard InChI is InChI=1S/C14H10F3N7O/c15-14(16,17)13(25)24-4-3-8-5-10(1-2-11(8)24)19-7-9(6-18)12-20-22-23-21-12/h1-2,5,7,19H,3-4H2,(H,20,21,22,23). The van der Waals surface area contributed by atoms with Crippen molar-refractivity contribution >= 4 is 22.9 Å². The van der Waals surface area contributed by atoms with E-state index in [4.69, 9.17) is 5.26 Å². The highest BCUT2D eigenvalue weighted by Crippen LogP contribution is 2.33. The van der Waals surface area contributed by atoms with Crippen molar-refractivity contribution in [3.05, 3.63) is 35.8 Å². The first-order valence-electron chi connectivity index (χ1n) is 7.02. The fraction of sp³-hybridized carbons (Fsp3) is 0.214. The lowest BCUT2D eigenvalue weighted by Gasteiger charge is -2.18. The molecule has 0 saturated carbocycles. The van der Waals surface area contributed by atoms with E-state index < -0.39 is 12.1 Å². The van der Waals surface area contributed by atoms with Gasteiger partial charge in [-0.3, -0.25) is 4.79 Å². The molecule has 0 bridgehead atoms. The summed E-state index contributed by atoms with van der Waals surface area (Å²) in [6.45, 7) is -0.0285. The van der Waals surface area contributed by atoms with Crippen LogP contribution in [0.1, 0.15) is 11.4 Å². The molecule has 2 heterocycles. The number of anilines is 2. The number of halogens is 3. The van der Waals surface area contributed by atoms with Crippen LogP contribution in [0.5, 0.6) is 0 Å². The molecule has 0 fully saturated rings. The molecular formula is C14H10F3N7O. The van der Waals surface area contributed by atoms with E-state index in [1.165, 1.54) is 18.3 Å². The van der Waals surface area contributed by atoms with Crippen LogP contribution in [0.4, 0.5) is 24.5 Å². The molecule has 1 aromatic heterocycles. The molecule has 1 amide bonds. The van der Waals surface area contributed by atoms with E-state index in [2.05, 4.69) is 25.9 Å². The fourth-order valence-electron chi connectivity index (χ4n) is 2.43. The van der Waals surface area contributed by atoms with Gasteiger partial charge >= 0.3 is 12.1 Å². The van der Waals surface area contributed by atoms with Gasteiger partial charge in [0.15, 0.2) is 0 Å². The van der Waals surface area contributed by atoms with Crippen molar-refractivity contribution in [2.45, 2.75) is 12.6 Å². The van der Waals surface area contributed by atoms with E-state index in [9.17, 15) is 18.0 Å². The van der Waals surface area contributed by atoms with E-state index in [-0.39, 0.29) is 23.6 Å². The minimum Gasteiger partial charge on any atom is -0.360 e. The monoisotopic (exact) mass is 349 g/mol. The second kappa shape index (κ2) is 6.23. The minimum atomic E-state index is -4.91. The Bertz CT molecular complexity index is 868. The summed E-state index contributed by atoms with van der Waals surface area (Å²) >= 11 is 0. The molecule has 0 spiro atoms. The number of fused-ring (bicyclic) bond motifs is 1. The number of carbonyl (C=O) groups is 1. The average molecular weight is 349 g/mol. The average Bonchev–Trinajstić information content (AvgIpc) is 3.23. The highest BCUT2D eigenvalue weighted by molar-refractivity contribution is 5.99. The number of allylic oxidation sites excluding steroid dienone is 1. The summed E-state index contributed by atoms with van der Waals surface area (Å²) < 4.78 is 37.8. The number of aromatic amines is 1. The topological polar surface area (TPSA) is 111 Å². The van der Waals surface area contributed by atoms with E-state index in [1.807, 2.05) is 6.07 Å². The van der Waals surface area contributed by atoms with Crippen LogP contribution in [0.3, 0.4) is 0 Å². The summed E-state index contributed by atoms with van der Waals surface area (Å²) in [4.78, 5) is 12.1. The number of nitriles is 1. The zero-order chi connectivity index (χ0) is 18.0. The Morgan fingerprint density at radius 1 is 1.44 bits per heavy atom. The zero-order valence-electron chi connectivity index (χ0n) is 12.5. The largest absolute Gasteiger partial charge is 0.471 e. The van der Waals surface area contributed by atoms with Crippen molar-refractivity contribution in [3.63, 3.8) is 0 Å². The van der Waals surface area contributed by atoms with Gasteiger partial charge in [0.1, 0.15) is 11.6 Å². The molecule has 3 rings (SSSR count). The van der Waals surface area contributed by atoms with Crippen LogP contribution in [0.25, 0.3) is 5.57 Å². The van der Waals surface area contributed by atoms with Crippen molar-refractivity contribution in [2.24, 2.45) is 0 Å². The number of hydrogen-bond acceptors (Lipinski definition) is 6. The summed E-state index contributed by atoms with van der Waals surface area (Å²) in [6, 6.07) is 6.48. The maximum absolute atomic E-state index is 12.6. The van der Waals surface area contributed by atoms with Crippen molar-refractivity contribution in [1.29, 1.82) is 5.26 Å². The molecule has 2 N–H and O–H groups in total. The Morgan fingerprint density at radius 2 is 2.24 bits per heavy atom. The van der Waals surface area contributed by atoms with Gasteiger partial charge in [0, 0.05) is 24.1 Å². The first-order chi connectivity index (χ1) is 11.9. The number of nitrogens with one attached hydrogen (secondary N) is 2. The van der Waals surface area contributed by atoms with Crippen LogP contribution in [-0.4, -0.2) is 39.3 Å². The maximum atomic E-state index is 12.6. The number of alkyl halides is 3. The Labute approximate surface area is 138 Å². The quantitative estimate of drug-likeness (QED) is 0.815. The lowest BCUT2D eigenvalue weighted by Crippen LogP contribution is -2.40. The molecule has 11 heteroatoms. The molecule has 0 atom stereocenters. The van der Waals surface area contributed by atoms with Crippen molar-refractivity contribution in [1.82, 2.24) is 20.6 Å². The number of rotatable bonds is 3. The van der Waals surface area contributed by atoms with Gasteiger partial charge in [-0.2, -0.15) is 23.6 Å². The first kappa shape index (κ1) is 16.4. The van der Waals surface area contributed by atoms with Crippen LogP contribution >= 0.6 is 0 Å². The molecule has 0 saturated heterocycles. The smallest absolute Gasteiger partial charge is 0.360 e. The normalized spacial score (nSPS) is 14.2.